The molecule has 5 aromatic rings. The fourth-order valence-corrected chi connectivity index (χ4v) is 7.02. The zero-order valence-corrected chi connectivity index (χ0v) is 26.2. The quantitative estimate of drug-likeness (QED) is 0.0562. The van der Waals surface area contributed by atoms with E-state index in [4.69, 9.17) is 16.3 Å². The van der Waals surface area contributed by atoms with E-state index in [9.17, 15) is 19.1 Å². The summed E-state index contributed by atoms with van der Waals surface area (Å²) in [6.07, 6.45) is 0. The molecule has 7 nitrogen and oxygen atoms in total. The molecule has 0 radical (unpaired) electrons. The summed E-state index contributed by atoms with van der Waals surface area (Å²) in [5, 5.41) is 20.4. The SMILES string of the molecule is Cc1cccc(COc2ccc(/C(O)=C3\C(=O)C(=O)N(c4nnc(SCc5ccccc5F)s4)C3c3cccc(Cl)c3)cc2)c1. The van der Waals surface area contributed by atoms with Crippen LogP contribution in [-0.2, 0) is 21.9 Å². The zero-order chi connectivity index (χ0) is 31.5. The molecule has 1 atom stereocenters. The van der Waals surface area contributed by atoms with E-state index in [1.807, 2.05) is 31.2 Å². The number of carbonyl (C=O) groups excluding carboxylic acids is 2. The Morgan fingerprint density at radius 3 is 2.53 bits per heavy atom. The van der Waals surface area contributed by atoms with Gasteiger partial charge < -0.3 is 9.84 Å². The molecule has 2 heterocycles. The van der Waals surface area contributed by atoms with E-state index >= 15 is 0 Å². The number of anilines is 1. The van der Waals surface area contributed by atoms with Gasteiger partial charge in [0, 0.05) is 16.3 Å². The third-order valence-electron chi connectivity index (χ3n) is 7.14. The van der Waals surface area contributed by atoms with Gasteiger partial charge in [-0.25, -0.2) is 4.39 Å². The van der Waals surface area contributed by atoms with E-state index in [0.29, 0.717) is 44.2 Å². The molecule has 4 aromatic carbocycles. The summed E-state index contributed by atoms with van der Waals surface area (Å²) in [4.78, 5) is 28.3. The number of hydrogen-bond donors (Lipinski definition) is 1. The molecule has 0 aliphatic carbocycles. The lowest BCUT2D eigenvalue weighted by Gasteiger charge is -2.22. The van der Waals surface area contributed by atoms with Crippen molar-refractivity contribution in [1.29, 1.82) is 0 Å². The lowest BCUT2D eigenvalue weighted by atomic mass is 9.95. The normalized spacial score (nSPS) is 15.9. The number of ether oxygens (including phenoxy) is 1. The largest absolute Gasteiger partial charge is 0.507 e. The molecule has 0 saturated carbocycles. The van der Waals surface area contributed by atoms with Gasteiger partial charge in [-0.15, -0.1) is 10.2 Å². The van der Waals surface area contributed by atoms with Crippen LogP contribution in [0, 0.1) is 12.7 Å². The van der Waals surface area contributed by atoms with Gasteiger partial charge >= 0.3 is 5.91 Å². The van der Waals surface area contributed by atoms with Gasteiger partial charge in [0.05, 0.1) is 11.6 Å². The molecule has 45 heavy (non-hydrogen) atoms. The maximum Gasteiger partial charge on any atom is 0.301 e. The van der Waals surface area contributed by atoms with Crippen molar-refractivity contribution in [2.75, 3.05) is 4.90 Å². The van der Waals surface area contributed by atoms with Crippen molar-refractivity contribution in [2.24, 2.45) is 0 Å². The third kappa shape index (κ3) is 6.63. The Hall–Kier alpha value is -4.51. The number of aromatic nitrogens is 2. The van der Waals surface area contributed by atoms with Crippen molar-refractivity contribution in [2.45, 2.75) is 29.7 Å². The molecule has 11 heteroatoms. The van der Waals surface area contributed by atoms with Crippen LogP contribution >= 0.6 is 34.7 Å². The van der Waals surface area contributed by atoms with E-state index in [0.717, 1.165) is 22.5 Å². The Labute approximate surface area is 272 Å². The molecule has 6 rings (SSSR count). The van der Waals surface area contributed by atoms with Crippen LogP contribution in [0.3, 0.4) is 0 Å². The molecule has 1 unspecified atom stereocenters. The monoisotopic (exact) mass is 657 g/mol. The minimum atomic E-state index is -1.02. The summed E-state index contributed by atoms with van der Waals surface area (Å²) in [6.45, 7) is 2.38. The van der Waals surface area contributed by atoms with E-state index in [-0.39, 0.29) is 22.3 Å². The number of aliphatic hydroxyl groups excluding tert-OH is 1. The van der Waals surface area contributed by atoms with Gasteiger partial charge in [-0.1, -0.05) is 94.9 Å². The minimum Gasteiger partial charge on any atom is -0.507 e. The van der Waals surface area contributed by atoms with Gasteiger partial charge in [0.25, 0.3) is 5.78 Å². The molecular formula is C34H25ClFN3O4S2. The van der Waals surface area contributed by atoms with Crippen molar-refractivity contribution >= 4 is 57.3 Å². The highest BCUT2D eigenvalue weighted by Crippen LogP contribution is 2.44. The molecular weight excluding hydrogens is 633 g/mol. The molecule has 1 amide bonds. The number of carbonyl (C=O) groups is 2. The summed E-state index contributed by atoms with van der Waals surface area (Å²) in [6, 6.07) is 26.8. The number of benzene rings is 4. The van der Waals surface area contributed by atoms with Gasteiger partial charge in [0.2, 0.25) is 5.13 Å². The molecule has 1 fully saturated rings. The summed E-state index contributed by atoms with van der Waals surface area (Å²) in [5.74, 6) is -1.51. The van der Waals surface area contributed by atoms with Crippen LogP contribution in [0.25, 0.3) is 5.76 Å². The predicted molar refractivity (Wildman–Crippen MR) is 174 cm³/mol. The minimum absolute atomic E-state index is 0.105. The van der Waals surface area contributed by atoms with Crippen molar-refractivity contribution in [3.63, 3.8) is 0 Å². The first-order chi connectivity index (χ1) is 21.8. The van der Waals surface area contributed by atoms with Gasteiger partial charge in [0.15, 0.2) is 4.34 Å². The number of thioether (sulfide) groups is 1. The lowest BCUT2D eigenvalue weighted by Crippen LogP contribution is -2.29. The number of amides is 1. The van der Waals surface area contributed by atoms with Crippen LogP contribution in [0.5, 0.6) is 5.75 Å². The summed E-state index contributed by atoms with van der Waals surface area (Å²) < 4.78 is 20.5. The predicted octanol–water partition coefficient (Wildman–Crippen LogP) is 8.14. The number of aliphatic hydroxyl groups is 1. The average molecular weight is 658 g/mol. The van der Waals surface area contributed by atoms with Gasteiger partial charge in [-0.05, 0) is 66.1 Å². The third-order valence-corrected chi connectivity index (χ3v) is 9.48. The Kier molecular flexibility index (Phi) is 8.97. The topological polar surface area (TPSA) is 92.6 Å². The van der Waals surface area contributed by atoms with E-state index in [1.54, 1.807) is 66.7 Å². The summed E-state index contributed by atoms with van der Waals surface area (Å²) >= 11 is 8.67. The Morgan fingerprint density at radius 1 is 1.00 bits per heavy atom. The highest BCUT2D eigenvalue weighted by molar-refractivity contribution is 8.00. The summed E-state index contributed by atoms with van der Waals surface area (Å²) in [5.41, 5.74) is 3.40. The van der Waals surface area contributed by atoms with Gasteiger partial charge in [-0.2, -0.15) is 0 Å². The van der Waals surface area contributed by atoms with E-state index in [1.165, 1.54) is 22.7 Å². The van der Waals surface area contributed by atoms with Crippen LogP contribution < -0.4 is 9.64 Å². The first-order valence-corrected chi connectivity index (χ1v) is 16.0. The van der Waals surface area contributed by atoms with Crippen LogP contribution in [0.2, 0.25) is 5.02 Å². The number of halogens is 2. The smallest absolute Gasteiger partial charge is 0.301 e. The zero-order valence-electron chi connectivity index (χ0n) is 23.8. The molecule has 0 spiro atoms. The Morgan fingerprint density at radius 2 is 1.78 bits per heavy atom. The van der Waals surface area contributed by atoms with Crippen LogP contribution in [0.1, 0.15) is 33.9 Å². The molecule has 1 aliphatic heterocycles. The number of aryl methyl sites for hydroxylation is 1. The maximum atomic E-state index is 14.1. The second kappa shape index (κ2) is 13.2. The van der Waals surface area contributed by atoms with Crippen molar-refractivity contribution in [1.82, 2.24) is 10.2 Å². The Bertz CT molecular complexity index is 1930. The van der Waals surface area contributed by atoms with Crippen molar-refractivity contribution < 1.29 is 23.8 Å². The fourth-order valence-electron chi connectivity index (χ4n) is 4.97. The van der Waals surface area contributed by atoms with Crippen LogP contribution in [0.4, 0.5) is 9.52 Å². The molecule has 1 aliphatic rings. The lowest BCUT2D eigenvalue weighted by molar-refractivity contribution is -0.132. The van der Waals surface area contributed by atoms with E-state index in [2.05, 4.69) is 10.2 Å². The Balaban J connectivity index is 1.30. The second-order valence-corrected chi connectivity index (χ2v) is 12.9. The molecule has 1 saturated heterocycles. The van der Waals surface area contributed by atoms with Crippen molar-refractivity contribution in [3.8, 4) is 5.75 Å². The second-order valence-electron chi connectivity index (χ2n) is 10.3. The number of ketones is 1. The molecule has 1 aromatic heterocycles. The van der Waals surface area contributed by atoms with Gasteiger partial charge in [-0.3, -0.25) is 14.5 Å². The maximum absolute atomic E-state index is 14.1. The highest BCUT2D eigenvalue weighted by atomic mass is 35.5. The molecule has 0 bridgehead atoms. The fraction of sp³-hybridized carbons (Fsp3) is 0.118. The summed E-state index contributed by atoms with van der Waals surface area (Å²) in [7, 11) is 0. The first-order valence-electron chi connectivity index (χ1n) is 13.8. The average Bonchev–Trinajstić information content (AvgIpc) is 3.61. The van der Waals surface area contributed by atoms with Gasteiger partial charge in [0.1, 0.15) is 23.9 Å². The molecule has 1 N–H and O–H groups in total. The number of nitrogens with zero attached hydrogens (tertiary/aromatic N) is 3. The van der Waals surface area contributed by atoms with Crippen LogP contribution in [0.15, 0.2) is 107 Å². The van der Waals surface area contributed by atoms with Crippen molar-refractivity contribution in [3.05, 3.63) is 141 Å². The standard InChI is InChI=1S/C34H25ClFN3O4S2/c1-20-6-4-7-21(16-20)18-43-26-14-12-22(13-15-26)30(40)28-29(23-9-5-10-25(35)17-23)39(32(42)31(28)41)33-37-38-34(45-33)44-19-24-8-2-3-11-27(24)36/h2-17,29,40H,18-19H2,1H3/b30-28+. The number of Topliss-reactive ketones (excluding diaryl/α,β-unsaturated/α-hetero) is 1. The van der Waals surface area contributed by atoms with E-state index < -0.39 is 17.7 Å². The van der Waals surface area contributed by atoms with Crippen LogP contribution in [-0.4, -0.2) is 27.0 Å². The number of rotatable bonds is 9. The molecule has 226 valence electrons. The first kappa shape index (κ1) is 30.5. The number of hydrogen-bond acceptors (Lipinski definition) is 8. The highest BCUT2D eigenvalue weighted by Gasteiger charge is 2.48.